The van der Waals surface area contributed by atoms with Crippen LogP contribution in [0.5, 0.6) is 17.5 Å². The number of phenols is 1. The first-order valence-corrected chi connectivity index (χ1v) is 26.9. The lowest BCUT2D eigenvalue weighted by Crippen LogP contribution is -2.48. The molecule has 0 spiro atoms. The first-order valence-electron chi connectivity index (χ1n) is 26.9. The van der Waals surface area contributed by atoms with Crippen molar-refractivity contribution >= 4 is 56.4 Å². The van der Waals surface area contributed by atoms with Crippen LogP contribution in [0.25, 0.3) is 44.0 Å². The zero-order chi connectivity index (χ0) is 53.0. The zero-order valence-corrected chi connectivity index (χ0v) is 43.3. The number of imidazole rings is 1. The number of amides is 3. The van der Waals surface area contributed by atoms with Gasteiger partial charge in [0.05, 0.1) is 34.2 Å². The Morgan fingerprint density at radius 2 is 1.75 bits per heavy atom. The van der Waals surface area contributed by atoms with Crippen LogP contribution in [-0.2, 0) is 27.8 Å². The molecular weight excluding hydrogens is 981 g/mol. The van der Waals surface area contributed by atoms with Crippen molar-refractivity contribution in [2.45, 2.75) is 121 Å². The Bertz CT molecular complexity index is 3320. The molecule has 5 fully saturated rings. The summed E-state index contributed by atoms with van der Waals surface area (Å²) in [5, 5.41) is 25.6. The fraction of sp³-hybridized carbons (Fsp3) is 0.518. The van der Waals surface area contributed by atoms with Gasteiger partial charge in [0.1, 0.15) is 53.6 Å². The van der Waals surface area contributed by atoms with Gasteiger partial charge >= 0.3 is 17.8 Å². The van der Waals surface area contributed by atoms with Gasteiger partial charge in [-0.05, 0) is 143 Å². The van der Waals surface area contributed by atoms with E-state index in [1.807, 2.05) is 11.8 Å². The number of aryl methyl sites for hydroxylation is 2. The molecule has 0 bridgehead atoms. The van der Waals surface area contributed by atoms with Gasteiger partial charge in [0.25, 0.3) is 0 Å². The molecule has 0 saturated carbocycles. The van der Waals surface area contributed by atoms with Crippen LogP contribution in [0.4, 0.5) is 19.4 Å². The number of rotatable bonds is 14. The van der Waals surface area contributed by atoms with E-state index in [2.05, 4.69) is 20.2 Å². The summed E-state index contributed by atoms with van der Waals surface area (Å²) in [4.78, 5) is 71.2. The molecule has 8 heterocycles. The highest BCUT2D eigenvalue weighted by Crippen LogP contribution is 2.44. The molecule has 5 aliphatic rings. The zero-order valence-electron chi connectivity index (χ0n) is 43.3. The van der Waals surface area contributed by atoms with Crippen LogP contribution in [0.15, 0.2) is 53.5 Å². The van der Waals surface area contributed by atoms with E-state index in [0.29, 0.717) is 95.7 Å². The number of hydrogen-bond donors (Lipinski definition) is 3. The van der Waals surface area contributed by atoms with Crippen molar-refractivity contribution in [3.8, 4) is 28.8 Å². The molecule has 3 aromatic carbocycles. The third-order valence-electron chi connectivity index (χ3n) is 16.8. The first kappa shape index (κ1) is 51.2. The molecule has 5 saturated heterocycles. The molecule has 5 aliphatic heterocycles. The Labute approximate surface area is 437 Å². The third kappa shape index (κ3) is 9.66. The monoisotopic (exact) mass is 1050 g/mol. The third-order valence-corrected chi connectivity index (χ3v) is 16.8. The number of halogens is 2. The van der Waals surface area contributed by atoms with E-state index in [0.717, 1.165) is 57.9 Å². The Hall–Kier alpha value is -6.93. The van der Waals surface area contributed by atoms with Gasteiger partial charge in [-0.1, -0.05) is 13.0 Å². The van der Waals surface area contributed by atoms with Crippen molar-refractivity contribution < 1.29 is 47.6 Å². The van der Waals surface area contributed by atoms with Crippen molar-refractivity contribution in [2.24, 2.45) is 13.0 Å². The number of carbonyl (C=O) groups is 3. The van der Waals surface area contributed by atoms with Crippen LogP contribution < -0.4 is 25.4 Å². The number of imide groups is 1. The van der Waals surface area contributed by atoms with E-state index >= 15 is 8.78 Å². The number of fused-ring (bicyclic) bond motifs is 4. The number of aromatic nitrogens is 5. The Balaban J connectivity index is 0.707. The maximum Gasteiger partial charge on any atom is 0.409 e. The Kier molecular flexibility index (Phi) is 13.8. The van der Waals surface area contributed by atoms with Crippen LogP contribution in [0.2, 0.25) is 0 Å². The molecule has 4 atom stereocenters. The molecular formula is C56H65F2N9O9. The van der Waals surface area contributed by atoms with Crippen LogP contribution >= 0.6 is 0 Å². The molecule has 76 heavy (non-hydrogen) atoms. The molecule has 0 aliphatic carbocycles. The molecule has 0 radical (unpaired) electrons. The second-order valence-corrected chi connectivity index (χ2v) is 21.8. The van der Waals surface area contributed by atoms with Crippen LogP contribution in [-0.4, -0.2) is 132 Å². The minimum Gasteiger partial charge on any atom is -0.508 e. The Morgan fingerprint density at radius 3 is 2.54 bits per heavy atom. The van der Waals surface area contributed by atoms with Gasteiger partial charge < -0.3 is 34.2 Å². The minimum atomic E-state index is -1.01. The summed E-state index contributed by atoms with van der Waals surface area (Å²) >= 11 is 0. The smallest absolute Gasteiger partial charge is 0.409 e. The fourth-order valence-corrected chi connectivity index (χ4v) is 12.8. The van der Waals surface area contributed by atoms with E-state index in [4.69, 9.17) is 19.2 Å². The van der Waals surface area contributed by atoms with Crippen molar-refractivity contribution in [3.05, 3.63) is 76.3 Å². The highest BCUT2D eigenvalue weighted by Gasteiger charge is 2.50. The van der Waals surface area contributed by atoms with E-state index < -0.39 is 29.2 Å². The highest BCUT2D eigenvalue weighted by molar-refractivity contribution is 6.02. The normalized spacial score (nSPS) is 23.4. The minimum absolute atomic E-state index is 0.00637. The quantitative estimate of drug-likeness (QED) is 0.0716. The van der Waals surface area contributed by atoms with Gasteiger partial charge in [0.2, 0.25) is 11.8 Å². The van der Waals surface area contributed by atoms with Gasteiger partial charge in [0.15, 0.2) is 5.82 Å². The number of likely N-dealkylation sites (tertiary alicyclic amines) is 1. The van der Waals surface area contributed by atoms with Crippen LogP contribution in [0.3, 0.4) is 0 Å². The summed E-state index contributed by atoms with van der Waals surface area (Å²) in [5.41, 5.74) is 0.0196. The molecule has 18 nitrogen and oxygen atoms in total. The number of aliphatic hydroxyl groups is 1. The summed E-state index contributed by atoms with van der Waals surface area (Å²) in [6.07, 6.45) is 10.1. The number of phenolic OH excluding ortho intramolecular Hbond substituents is 1. The van der Waals surface area contributed by atoms with Gasteiger partial charge in [-0.3, -0.25) is 33.9 Å². The highest BCUT2D eigenvalue weighted by atomic mass is 19.1. The molecule has 3 N–H and O–H groups in total. The van der Waals surface area contributed by atoms with Gasteiger partial charge in [-0.2, -0.15) is 9.97 Å². The number of hydrogen-bond acceptors (Lipinski definition) is 14. The SMILES string of the molecule is CCc1c(F)ccc2cc(O)cc(-c3ncc4c(N5CCC[C@@](C)(O)C5)nc(OC[C@@]56CCCN5[C@@H](COC(=O)N5CCC(CCCOc7ccc8c(c7)n(C)c(=O)n8C7CCC(=O)NC7=O)CC5)CC6)nc4c3F)c12. The van der Waals surface area contributed by atoms with Crippen molar-refractivity contribution in [3.63, 3.8) is 0 Å². The number of β-amino-alcohol motifs (C(OH)–C–C–N with tert-alkyl or cyclic N) is 1. The maximum absolute atomic E-state index is 17.2. The molecule has 402 valence electrons. The van der Waals surface area contributed by atoms with Crippen molar-refractivity contribution in [1.82, 2.24) is 39.2 Å². The number of anilines is 1. The number of ether oxygens (including phenoxy) is 3. The number of carbonyl (C=O) groups excluding carboxylic acids is 3. The number of nitrogens with zero attached hydrogens (tertiary/aromatic N) is 8. The summed E-state index contributed by atoms with van der Waals surface area (Å²) in [6, 6.07) is 10.4. The summed E-state index contributed by atoms with van der Waals surface area (Å²) < 4.78 is 54.0. The number of piperidine rings is 3. The number of nitrogens with one attached hydrogen (secondary N) is 1. The van der Waals surface area contributed by atoms with Crippen molar-refractivity contribution in [1.29, 1.82) is 0 Å². The molecule has 3 amide bonds. The largest absolute Gasteiger partial charge is 0.508 e. The summed E-state index contributed by atoms with van der Waals surface area (Å²) in [7, 11) is 1.66. The van der Waals surface area contributed by atoms with E-state index in [1.165, 1.54) is 33.5 Å². The standard InChI is InChI=1S/C56H65F2N9O9/c1-4-38-41(57)11-9-34-26-36(68)27-39(46(34)38)48-47(58)49-40(29-59-48)50(65-21-6-18-55(2,73)31-65)62-52(61-49)76-32-56-19-7-22-66(56)35(15-20-56)30-75-54(72)64-23-16-33(17-24-64)8-5-25-74-37-10-12-42-44(28-37)63(3)53(71)67(42)43-13-14-45(69)60-51(43)70/h9-12,26-29,33,35,43,68,73H,4-8,13-25,30-32H2,1-3H3,(H,60,69,70)/t35-,43?,55-,56+/m1/s1. The van der Waals surface area contributed by atoms with Gasteiger partial charge in [0, 0.05) is 63.5 Å². The fourth-order valence-electron chi connectivity index (χ4n) is 12.8. The van der Waals surface area contributed by atoms with E-state index in [-0.39, 0.29) is 90.4 Å². The van der Waals surface area contributed by atoms with Gasteiger partial charge in [-0.15, -0.1) is 0 Å². The van der Waals surface area contributed by atoms with Crippen molar-refractivity contribution in [2.75, 3.05) is 57.4 Å². The average Bonchev–Trinajstić information content (AvgIpc) is 4.06. The van der Waals surface area contributed by atoms with E-state index in [1.54, 1.807) is 43.1 Å². The average molecular weight is 1050 g/mol. The predicted octanol–water partition coefficient (Wildman–Crippen LogP) is 7.46. The topological polar surface area (TPSA) is 207 Å². The molecule has 3 aromatic heterocycles. The molecule has 1 unspecified atom stereocenters. The number of pyridine rings is 1. The van der Waals surface area contributed by atoms with E-state index in [9.17, 15) is 29.4 Å². The van der Waals surface area contributed by atoms with Crippen LogP contribution in [0.1, 0.15) is 103 Å². The molecule has 6 aromatic rings. The van der Waals surface area contributed by atoms with Crippen LogP contribution in [0, 0.1) is 17.6 Å². The first-order chi connectivity index (χ1) is 36.6. The second-order valence-electron chi connectivity index (χ2n) is 21.8. The Morgan fingerprint density at radius 1 is 0.934 bits per heavy atom. The predicted molar refractivity (Wildman–Crippen MR) is 279 cm³/mol. The maximum atomic E-state index is 17.2. The lowest BCUT2D eigenvalue weighted by Gasteiger charge is -2.38. The summed E-state index contributed by atoms with van der Waals surface area (Å²) in [5.74, 6) is -0.687. The number of benzene rings is 3. The molecule has 20 heteroatoms. The molecule has 11 rings (SSSR count). The summed E-state index contributed by atoms with van der Waals surface area (Å²) in [6.45, 7) is 7.39. The van der Waals surface area contributed by atoms with Gasteiger partial charge in [-0.25, -0.2) is 18.4 Å². The second kappa shape index (κ2) is 20.5. The lowest BCUT2D eigenvalue weighted by atomic mass is 9.92. The lowest BCUT2D eigenvalue weighted by molar-refractivity contribution is -0.135. The number of aromatic hydroxyl groups is 1.